The largest absolute Gasteiger partial charge is 0.365 e. The van der Waals surface area contributed by atoms with Gasteiger partial charge in [0.15, 0.2) is 0 Å². The maximum Gasteiger partial charge on any atom is 0.292 e. The highest BCUT2D eigenvalue weighted by molar-refractivity contribution is 9.10. The number of aromatic nitrogens is 3. The number of halogens is 2. The molecule has 148 valence electrons. The van der Waals surface area contributed by atoms with E-state index in [2.05, 4.69) is 26.0 Å². The van der Waals surface area contributed by atoms with Crippen molar-refractivity contribution in [1.82, 2.24) is 19.7 Å². The SMILES string of the molecule is O=C(c1cncc(Br)c1)N1CCN(c2cnn(-c3ccccc3)c(=O)c2Cl)CC1. The number of anilines is 1. The van der Waals surface area contributed by atoms with Gasteiger partial charge in [-0.2, -0.15) is 9.78 Å². The van der Waals surface area contributed by atoms with E-state index in [1.54, 1.807) is 41.7 Å². The predicted molar refractivity (Wildman–Crippen MR) is 115 cm³/mol. The van der Waals surface area contributed by atoms with E-state index >= 15 is 0 Å². The van der Waals surface area contributed by atoms with E-state index in [0.717, 1.165) is 4.47 Å². The van der Waals surface area contributed by atoms with Gasteiger partial charge < -0.3 is 9.80 Å². The third-order valence-corrected chi connectivity index (χ3v) is 5.55. The molecule has 1 fully saturated rings. The topological polar surface area (TPSA) is 71.3 Å². The summed E-state index contributed by atoms with van der Waals surface area (Å²) < 4.78 is 2.05. The number of pyridine rings is 1. The quantitative estimate of drug-likeness (QED) is 0.584. The monoisotopic (exact) mass is 473 g/mol. The van der Waals surface area contributed by atoms with E-state index in [9.17, 15) is 9.59 Å². The van der Waals surface area contributed by atoms with Crippen LogP contribution >= 0.6 is 27.5 Å². The van der Waals surface area contributed by atoms with Gasteiger partial charge >= 0.3 is 0 Å². The van der Waals surface area contributed by atoms with Crippen LogP contribution in [-0.4, -0.2) is 51.8 Å². The van der Waals surface area contributed by atoms with Crippen molar-refractivity contribution in [2.75, 3.05) is 31.1 Å². The zero-order valence-electron chi connectivity index (χ0n) is 15.3. The van der Waals surface area contributed by atoms with Crippen molar-refractivity contribution >= 4 is 39.1 Å². The molecule has 0 atom stereocenters. The van der Waals surface area contributed by atoms with Crippen LogP contribution in [0.3, 0.4) is 0 Å². The molecular weight excluding hydrogens is 458 g/mol. The molecule has 0 unspecified atom stereocenters. The zero-order chi connectivity index (χ0) is 20.4. The molecule has 0 bridgehead atoms. The maximum atomic E-state index is 12.7. The second-order valence-corrected chi connectivity index (χ2v) is 7.86. The highest BCUT2D eigenvalue weighted by Gasteiger charge is 2.25. The van der Waals surface area contributed by atoms with Crippen LogP contribution in [-0.2, 0) is 0 Å². The molecule has 0 aliphatic carbocycles. The summed E-state index contributed by atoms with van der Waals surface area (Å²) in [5.74, 6) is -0.0674. The Labute approximate surface area is 180 Å². The number of carbonyl (C=O) groups excluding carboxylic acids is 1. The van der Waals surface area contributed by atoms with Gasteiger partial charge in [-0.15, -0.1) is 0 Å². The van der Waals surface area contributed by atoms with Crippen LogP contribution in [0.4, 0.5) is 5.69 Å². The Balaban J connectivity index is 1.50. The van der Waals surface area contributed by atoms with E-state index in [1.807, 2.05) is 23.1 Å². The molecule has 1 aliphatic heterocycles. The van der Waals surface area contributed by atoms with Gasteiger partial charge in [0.2, 0.25) is 0 Å². The van der Waals surface area contributed by atoms with Crippen LogP contribution in [0.15, 0.2) is 64.3 Å². The number of nitrogens with zero attached hydrogens (tertiary/aromatic N) is 5. The first kappa shape index (κ1) is 19.6. The first-order chi connectivity index (χ1) is 14.0. The molecular formula is C20H17BrClN5O2. The number of rotatable bonds is 3. The normalized spacial score (nSPS) is 14.1. The number of hydrogen-bond donors (Lipinski definition) is 0. The van der Waals surface area contributed by atoms with Gasteiger partial charge in [-0.1, -0.05) is 29.8 Å². The van der Waals surface area contributed by atoms with Crippen LogP contribution in [0.1, 0.15) is 10.4 Å². The fourth-order valence-corrected chi connectivity index (χ4v) is 3.87. The number of benzene rings is 1. The second-order valence-electron chi connectivity index (χ2n) is 6.57. The van der Waals surface area contributed by atoms with Gasteiger partial charge in [-0.3, -0.25) is 14.6 Å². The molecule has 29 heavy (non-hydrogen) atoms. The summed E-state index contributed by atoms with van der Waals surface area (Å²) in [5.41, 5.74) is 1.41. The summed E-state index contributed by atoms with van der Waals surface area (Å²) >= 11 is 9.72. The Kier molecular flexibility index (Phi) is 5.64. The summed E-state index contributed by atoms with van der Waals surface area (Å²) in [6.45, 7) is 2.15. The molecule has 1 amide bonds. The summed E-state index contributed by atoms with van der Waals surface area (Å²) in [4.78, 5) is 33.2. The average Bonchev–Trinajstić information content (AvgIpc) is 2.76. The number of piperazine rings is 1. The zero-order valence-corrected chi connectivity index (χ0v) is 17.7. The lowest BCUT2D eigenvalue weighted by Gasteiger charge is -2.36. The van der Waals surface area contributed by atoms with Gasteiger partial charge in [-0.05, 0) is 34.1 Å². The third kappa shape index (κ3) is 4.04. The van der Waals surface area contributed by atoms with Crippen LogP contribution in [0.5, 0.6) is 0 Å². The number of hydrogen-bond acceptors (Lipinski definition) is 5. The molecule has 7 nitrogen and oxygen atoms in total. The van der Waals surface area contributed by atoms with E-state index in [0.29, 0.717) is 43.1 Å². The van der Waals surface area contributed by atoms with Crippen LogP contribution in [0, 0.1) is 0 Å². The minimum Gasteiger partial charge on any atom is -0.365 e. The van der Waals surface area contributed by atoms with E-state index in [-0.39, 0.29) is 16.5 Å². The maximum absolute atomic E-state index is 12.7. The summed E-state index contributed by atoms with van der Waals surface area (Å²) in [7, 11) is 0. The van der Waals surface area contributed by atoms with Crippen LogP contribution < -0.4 is 10.5 Å². The summed E-state index contributed by atoms with van der Waals surface area (Å²) in [5, 5.41) is 4.40. The molecule has 9 heteroatoms. The molecule has 0 N–H and O–H groups in total. The Morgan fingerprint density at radius 1 is 1.03 bits per heavy atom. The predicted octanol–water partition coefficient (Wildman–Crippen LogP) is 3.01. The Morgan fingerprint density at radius 3 is 2.45 bits per heavy atom. The third-order valence-electron chi connectivity index (χ3n) is 4.76. The fraction of sp³-hybridized carbons (Fsp3) is 0.200. The van der Waals surface area contributed by atoms with Gasteiger partial charge in [0.25, 0.3) is 11.5 Å². The van der Waals surface area contributed by atoms with Crippen molar-refractivity contribution in [1.29, 1.82) is 0 Å². The lowest BCUT2D eigenvalue weighted by atomic mass is 10.2. The smallest absolute Gasteiger partial charge is 0.292 e. The number of carbonyl (C=O) groups is 1. The van der Waals surface area contributed by atoms with E-state index in [4.69, 9.17) is 11.6 Å². The lowest BCUT2D eigenvalue weighted by molar-refractivity contribution is 0.0746. The van der Waals surface area contributed by atoms with Crippen molar-refractivity contribution in [3.63, 3.8) is 0 Å². The van der Waals surface area contributed by atoms with Crippen molar-refractivity contribution in [2.24, 2.45) is 0 Å². The standard InChI is InChI=1S/C20H17BrClN5O2/c21-15-10-14(11-23-12-15)19(28)26-8-6-25(7-9-26)17-13-24-27(20(29)18(17)22)16-4-2-1-3-5-16/h1-5,10-13H,6-9H2. The van der Waals surface area contributed by atoms with E-state index < -0.39 is 0 Å². The number of amides is 1. The summed E-state index contributed by atoms with van der Waals surface area (Å²) in [6, 6.07) is 10.9. The Bertz CT molecular complexity index is 1100. The van der Waals surface area contributed by atoms with Crippen molar-refractivity contribution in [2.45, 2.75) is 0 Å². The molecule has 0 saturated carbocycles. The van der Waals surface area contributed by atoms with Crippen LogP contribution in [0.2, 0.25) is 5.02 Å². The van der Waals surface area contributed by atoms with Gasteiger partial charge in [-0.25, -0.2) is 0 Å². The summed E-state index contributed by atoms with van der Waals surface area (Å²) in [6.07, 6.45) is 4.80. The molecule has 1 saturated heterocycles. The Hall–Kier alpha value is -2.71. The lowest BCUT2D eigenvalue weighted by Crippen LogP contribution is -2.49. The molecule has 3 heterocycles. The molecule has 3 aromatic rings. The van der Waals surface area contributed by atoms with Gasteiger partial charge in [0, 0.05) is 43.0 Å². The highest BCUT2D eigenvalue weighted by atomic mass is 79.9. The fourth-order valence-electron chi connectivity index (χ4n) is 3.26. The van der Waals surface area contributed by atoms with Crippen molar-refractivity contribution in [3.8, 4) is 5.69 Å². The van der Waals surface area contributed by atoms with Crippen molar-refractivity contribution in [3.05, 3.63) is 80.4 Å². The van der Waals surface area contributed by atoms with Gasteiger partial charge in [0.05, 0.1) is 23.1 Å². The molecule has 0 spiro atoms. The molecule has 0 radical (unpaired) electrons. The molecule has 1 aliphatic rings. The number of para-hydroxylation sites is 1. The molecule has 4 rings (SSSR count). The molecule has 2 aromatic heterocycles. The minimum atomic E-state index is -0.367. The second kappa shape index (κ2) is 8.34. The highest BCUT2D eigenvalue weighted by Crippen LogP contribution is 2.23. The van der Waals surface area contributed by atoms with E-state index in [1.165, 1.54) is 4.68 Å². The minimum absolute atomic E-state index is 0.0674. The van der Waals surface area contributed by atoms with Crippen molar-refractivity contribution < 1.29 is 4.79 Å². The Morgan fingerprint density at radius 2 is 1.76 bits per heavy atom. The first-order valence-electron chi connectivity index (χ1n) is 9.02. The average molecular weight is 475 g/mol. The van der Waals surface area contributed by atoms with Crippen LogP contribution in [0.25, 0.3) is 5.69 Å². The first-order valence-corrected chi connectivity index (χ1v) is 10.2. The molecule has 1 aromatic carbocycles. The van der Waals surface area contributed by atoms with Gasteiger partial charge in [0.1, 0.15) is 5.02 Å².